The van der Waals surface area contributed by atoms with Crippen LogP contribution in [0.4, 0.5) is 0 Å². The van der Waals surface area contributed by atoms with E-state index in [0.717, 1.165) is 10.1 Å². The number of thioether (sulfide) groups is 1. The van der Waals surface area contributed by atoms with Gasteiger partial charge in [0.2, 0.25) is 0 Å². The predicted octanol–water partition coefficient (Wildman–Crippen LogP) is 3.86. The standard InChI is InChI=1S/C13H13NS2/c1-11-5-4-6-12(9-11)10-16-13(15)14-7-2-3-8-14/h2-9H,10H2,1H3. The van der Waals surface area contributed by atoms with Gasteiger partial charge in [0, 0.05) is 18.1 Å². The molecule has 82 valence electrons. The molecule has 0 aliphatic carbocycles. The average Bonchev–Trinajstić information content (AvgIpc) is 2.79. The SMILES string of the molecule is Cc1cccc(CSC(=S)n2cccc2)c1. The van der Waals surface area contributed by atoms with Crippen molar-refractivity contribution in [2.75, 3.05) is 0 Å². The number of hydrogen-bond donors (Lipinski definition) is 0. The molecule has 3 heteroatoms. The van der Waals surface area contributed by atoms with Crippen LogP contribution in [0.25, 0.3) is 0 Å². The second-order valence-corrected chi connectivity index (χ2v) is 5.24. The van der Waals surface area contributed by atoms with E-state index < -0.39 is 0 Å². The minimum absolute atomic E-state index is 0.895. The van der Waals surface area contributed by atoms with Crippen LogP contribution in [0.5, 0.6) is 0 Å². The first-order valence-corrected chi connectivity index (χ1v) is 6.51. The molecule has 0 saturated carbocycles. The average molecular weight is 247 g/mol. The van der Waals surface area contributed by atoms with Gasteiger partial charge < -0.3 is 4.57 Å². The third kappa shape index (κ3) is 2.97. The van der Waals surface area contributed by atoms with Crippen molar-refractivity contribution in [1.29, 1.82) is 0 Å². The molecule has 0 aliphatic rings. The molecule has 1 aromatic heterocycles. The van der Waals surface area contributed by atoms with Gasteiger partial charge in [-0.15, -0.1) is 0 Å². The molecule has 1 nitrogen and oxygen atoms in total. The first-order valence-electron chi connectivity index (χ1n) is 5.11. The molecule has 0 N–H and O–H groups in total. The summed E-state index contributed by atoms with van der Waals surface area (Å²) in [7, 11) is 0. The maximum atomic E-state index is 5.33. The molecule has 1 aromatic carbocycles. The van der Waals surface area contributed by atoms with Crippen molar-refractivity contribution >= 4 is 28.3 Å². The molecule has 16 heavy (non-hydrogen) atoms. The lowest BCUT2D eigenvalue weighted by Crippen LogP contribution is -2.01. The van der Waals surface area contributed by atoms with Crippen molar-refractivity contribution in [2.24, 2.45) is 0 Å². The highest BCUT2D eigenvalue weighted by Gasteiger charge is 2.00. The fraction of sp³-hybridized carbons (Fsp3) is 0.154. The monoisotopic (exact) mass is 247 g/mol. The summed E-state index contributed by atoms with van der Waals surface area (Å²) < 4.78 is 2.86. The number of aromatic nitrogens is 1. The van der Waals surface area contributed by atoms with Gasteiger partial charge in [-0.05, 0) is 24.6 Å². The molecular weight excluding hydrogens is 234 g/mol. The highest BCUT2D eigenvalue weighted by molar-refractivity contribution is 8.22. The lowest BCUT2D eigenvalue weighted by Gasteiger charge is -2.05. The molecule has 0 spiro atoms. The van der Waals surface area contributed by atoms with Gasteiger partial charge >= 0.3 is 0 Å². The largest absolute Gasteiger partial charge is 0.310 e. The summed E-state index contributed by atoms with van der Waals surface area (Å²) in [5.74, 6) is 0.929. The van der Waals surface area contributed by atoms with E-state index in [1.54, 1.807) is 11.8 Å². The summed E-state index contributed by atoms with van der Waals surface area (Å²) in [5, 5.41) is 0. The summed E-state index contributed by atoms with van der Waals surface area (Å²) in [5.41, 5.74) is 2.62. The Bertz CT molecular complexity index is 474. The van der Waals surface area contributed by atoms with E-state index >= 15 is 0 Å². The van der Waals surface area contributed by atoms with Crippen LogP contribution in [-0.2, 0) is 5.75 Å². The molecule has 0 amide bonds. The fourth-order valence-corrected chi connectivity index (χ4v) is 2.52. The number of thiocarbonyl (C=S) groups is 1. The lowest BCUT2D eigenvalue weighted by atomic mass is 10.2. The van der Waals surface area contributed by atoms with Gasteiger partial charge in [0.15, 0.2) is 0 Å². The topological polar surface area (TPSA) is 4.93 Å². The maximum Gasteiger partial charge on any atom is 0.144 e. The lowest BCUT2D eigenvalue weighted by molar-refractivity contribution is 1.22. The highest BCUT2D eigenvalue weighted by atomic mass is 32.2. The van der Waals surface area contributed by atoms with Gasteiger partial charge in [-0.25, -0.2) is 0 Å². The quantitative estimate of drug-likeness (QED) is 0.742. The Morgan fingerprint density at radius 2 is 2.00 bits per heavy atom. The zero-order chi connectivity index (χ0) is 11.4. The predicted molar refractivity (Wildman–Crippen MR) is 74.9 cm³/mol. The van der Waals surface area contributed by atoms with Crippen molar-refractivity contribution in [3.63, 3.8) is 0 Å². The van der Waals surface area contributed by atoms with Crippen LogP contribution >= 0.6 is 24.0 Å². The van der Waals surface area contributed by atoms with Crippen LogP contribution in [0, 0.1) is 6.92 Å². The van der Waals surface area contributed by atoms with Gasteiger partial charge in [0.05, 0.1) is 0 Å². The van der Waals surface area contributed by atoms with Crippen LogP contribution < -0.4 is 0 Å². The fourth-order valence-electron chi connectivity index (χ4n) is 1.48. The van der Waals surface area contributed by atoms with Gasteiger partial charge in [-0.1, -0.05) is 53.8 Å². The minimum atomic E-state index is 0.895. The summed E-state index contributed by atoms with van der Waals surface area (Å²) in [6, 6.07) is 12.5. The molecule has 0 saturated heterocycles. The van der Waals surface area contributed by atoms with E-state index in [9.17, 15) is 0 Å². The summed E-state index contributed by atoms with van der Waals surface area (Å²) >= 11 is 7.02. The molecular formula is C13H13NS2. The first-order chi connectivity index (χ1) is 7.75. The zero-order valence-electron chi connectivity index (χ0n) is 9.09. The molecule has 1 heterocycles. The second-order valence-electron chi connectivity index (χ2n) is 3.63. The molecule has 0 aliphatic heterocycles. The minimum Gasteiger partial charge on any atom is -0.310 e. The van der Waals surface area contributed by atoms with E-state index in [4.69, 9.17) is 12.2 Å². The molecule has 0 bridgehead atoms. The Labute approximate surface area is 105 Å². The van der Waals surface area contributed by atoms with Crippen LogP contribution in [0.3, 0.4) is 0 Å². The maximum absolute atomic E-state index is 5.33. The number of rotatable bonds is 2. The smallest absolute Gasteiger partial charge is 0.144 e. The summed E-state index contributed by atoms with van der Waals surface area (Å²) in [4.78, 5) is 0. The summed E-state index contributed by atoms with van der Waals surface area (Å²) in [6.07, 6.45) is 3.96. The Morgan fingerprint density at radius 3 is 2.69 bits per heavy atom. The summed E-state index contributed by atoms with van der Waals surface area (Å²) in [6.45, 7) is 2.11. The van der Waals surface area contributed by atoms with Crippen molar-refractivity contribution in [3.8, 4) is 0 Å². The van der Waals surface area contributed by atoms with Crippen LogP contribution in [0.2, 0.25) is 0 Å². The van der Waals surface area contributed by atoms with Crippen molar-refractivity contribution in [3.05, 3.63) is 59.9 Å². The van der Waals surface area contributed by atoms with Gasteiger partial charge in [0.25, 0.3) is 0 Å². The normalized spacial score (nSPS) is 10.3. The third-order valence-electron chi connectivity index (χ3n) is 2.26. The van der Waals surface area contributed by atoms with E-state index in [1.165, 1.54) is 11.1 Å². The first kappa shape index (κ1) is 11.4. The third-order valence-corrected chi connectivity index (χ3v) is 3.76. The molecule has 0 radical (unpaired) electrons. The number of aryl methyl sites for hydroxylation is 1. The molecule has 0 atom stereocenters. The van der Waals surface area contributed by atoms with Crippen LogP contribution in [0.15, 0.2) is 48.8 Å². The van der Waals surface area contributed by atoms with E-state index in [0.29, 0.717) is 0 Å². The van der Waals surface area contributed by atoms with Gasteiger partial charge in [-0.2, -0.15) is 0 Å². The van der Waals surface area contributed by atoms with E-state index in [2.05, 4.69) is 31.2 Å². The Morgan fingerprint density at radius 1 is 1.25 bits per heavy atom. The Hall–Kier alpha value is -1.06. The van der Waals surface area contributed by atoms with Crippen LogP contribution in [-0.4, -0.2) is 8.89 Å². The van der Waals surface area contributed by atoms with Gasteiger partial charge in [0.1, 0.15) is 4.32 Å². The molecule has 0 fully saturated rings. The number of nitrogens with zero attached hydrogens (tertiary/aromatic N) is 1. The highest BCUT2D eigenvalue weighted by Crippen LogP contribution is 2.16. The molecule has 2 rings (SSSR count). The molecule has 2 aromatic rings. The Kier molecular flexibility index (Phi) is 3.80. The van der Waals surface area contributed by atoms with Gasteiger partial charge in [-0.3, -0.25) is 0 Å². The number of hydrogen-bond acceptors (Lipinski definition) is 2. The van der Waals surface area contributed by atoms with Crippen molar-refractivity contribution in [1.82, 2.24) is 4.57 Å². The number of benzene rings is 1. The molecule has 0 unspecified atom stereocenters. The zero-order valence-corrected chi connectivity index (χ0v) is 10.7. The van der Waals surface area contributed by atoms with Crippen molar-refractivity contribution in [2.45, 2.75) is 12.7 Å². The van der Waals surface area contributed by atoms with E-state index in [1.807, 2.05) is 29.1 Å². The Balaban J connectivity index is 1.95. The van der Waals surface area contributed by atoms with Crippen molar-refractivity contribution < 1.29 is 0 Å². The second kappa shape index (κ2) is 5.32. The van der Waals surface area contributed by atoms with E-state index in [-0.39, 0.29) is 0 Å². The van der Waals surface area contributed by atoms with Crippen LogP contribution in [0.1, 0.15) is 11.1 Å².